The van der Waals surface area contributed by atoms with Crippen LogP contribution in [0.25, 0.3) is 0 Å². The van der Waals surface area contributed by atoms with Gasteiger partial charge in [-0.1, -0.05) is 13.8 Å². The Hall–Kier alpha value is -0.610. The molecule has 2 N–H and O–H groups in total. The van der Waals surface area contributed by atoms with Gasteiger partial charge in [-0.3, -0.25) is 4.79 Å². The van der Waals surface area contributed by atoms with Crippen LogP contribution in [0.2, 0.25) is 0 Å². The number of hydrogen-bond donors (Lipinski definition) is 1. The van der Waals surface area contributed by atoms with Gasteiger partial charge in [0.05, 0.1) is 6.04 Å². The number of carbonyl (C=O) groups is 1. The number of likely N-dealkylation sites (tertiary alicyclic amines) is 2. The topological polar surface area (TPSA) is 49.6 Å². The summed E-state index contributed by atoms with van der Waals surface area (Å²) in [6.07, 6.45) is 5.80. The van der Waals surface area contributed by atoms with E-state index in [4.69, 9.17) is 5.73 Å². The third kappa shape index (κ3) is 4.19. The van der Waals surface area contributed by atoms with Crippen LogP contribution in [0.4, 0.5) is 0 Å². The molecular formula is C16H31N3O. The fraction of sp³-hybridized carbons (Fsp3) is 0.938. The van der Waals surface area contributed by atoms with Crippen molar-refractivity contribution in [1.29, 1.82) is 0 Å². The molecule has 2 aliphatic rings. The Balaban J connectivity index is 1.80. The molecule has 2 atom stereocenters. The van der Waals surface area contributed by atoms with Crippen LogP contribution >= 0.6 is 0 Å². The maximum absolute atomic E-state index is 12.2. The van der Waals surface area contributed by atoms with Crippen LogP contribution in [0, 0.1) is 11.8 Å². The molecule has 4 nitrogen and oxygen atoms in total. The second kappa shape index (κ2) is 7.41. The summed E-state index contributed by atoms with van der Waals surface area (Å²) in [5, 5.41) is 0. The fourth-order valence-corrected chi connectivity index (χ4v) is 3.43. The molecule has 0 aromatic rings. The minimum absolute atomic E-state index is 0.157. The maximum atomic E-state index is 12.2. The van der Waals surface area contributed by atoms with Crippen molar-refractivity contribution < 1.29 is 4.79 Å². The van der Waals surface area contributed by atoms with Crippen LogP contribution in [0.1, 0.15) is 46.0 Å². The second-order valence-electron chi connectivity index (χ2n) is 6.79. The number of amides is 1. The normalized spacial score (nSPS) is 27.6. The number of nitrogens with two attached hydrogens (primary N) is 1. The van der Waals surface area contributed by atoms with Crippen LogP contribution in [0.5, 0.6) is 0 Å². The van der Waals surface area contributed by atoms with E-state index in [0.717, 1.165) is 38.4 Å². The van der Waals surface area contributed by atoms with Gasteiger partial charge in [-0.25, -0.2) is 0 Å². The van der Waals surface area contributed by atoms with E-state index in [1.807, 2.05) is 11.8 Å². The summed E-state index contributed by atoms with van der Waals surface area (Å²) in [5.74, 6) is 1.69. The molecule has 0 saturated carbocycles. The highest BCUT2D eigenvalue weighted by Crippen LogP contribution is 2.22. The largest absolute Gasteiger partial charge is 0.341 e. The van der Waals surface area contributed by atoms with Gasteiger partial charge in [-0.2, -0.15) is 0 Å². The number of rotatable bonds is 4. The summed E-state index contributed by atoms with van der Waals surface area (Å²) in [6.45, 7) is 9.79. The molecule has 0 spiro atoms. The Morgan fingerprint density at radius 2 is 1.95 bits per heavy atom. The SMILES string of the molecule is CC[C@H](N)C(=O)N1CCCC(CN2CCC(C)CC2)C1. The molecule has 2 heterocycles. The van der Waals surface area contributed by atoms with Crippen molar-refractivity contribution in [3.05, 3.63) is 0 Å². The molecule has 4 heteroatoms. The molecule has 0 aromatic heterocycles. The summed E-state index contributed by atoms with van der Waals surface area (Å²) in [4.78, 5) is 16.8. The van der Waals surface area contributed by atoms with Gasteiger partial charge in [-0.05, 0) is 57.0 Å². The molecule has 2 rings (SSSR count). The van der Waals surface area contributed by atoms with Gasteiger partial charge in [0.1, 0.15) is 0 Å². The molecule has 1 amide bonds. The van der Waals surface area contributed by atoms with Crippen LogP contribution in [0.3, 0.4) is 0 Å². The minimum Gasteiger partial charge on any atom is -0.341 e. The van der Waals surface area contributed by atoms with Crippen molar-refractivity contribution in [3.8, 4) is 0 Å². The number of hydrogen-bond acceptors (Lipinski definition) is 3. The number of carbonyl (C=O) groups excluding carboxylic acids is 1. The van der Waals surface area contributed by atoms with Crippen molar-refractivity contribution in [2.24, 2.45) is 17.6 Å². The molecule has 1 unspecified atom stereocenters. The lowest BCUT2D eigenvalue weighted by atomic mass is 9.94. The highest BCUT2D eigenvalue weighted by Gasteiger charge is 2.28. The van der Waals surface area contributed by atoms with Gasteiger partial charge in [0.2, 0.25) is 5.91 Å². The van der Waals surface area contributed by atoms with E-state index in [9.17, 15) is 4.79 Å². The first-order valence-electron chi connectivity index (χ1n) is 8.36. The average molecular weight is 281 g/mol. The van der Waals surface area contributed by atoms with Gasteiger partial charge < -0.3 is 15.5 Å². The van der Waals surface area contributed by atoms with Gasteiger partial charge >= 0.3 is 0 Å². The monoisotopic (exact) mass is 281 g/mol. The van der Waals surface area contributed by atoms with Crippen LogP contribution < -0.4 is 5.73 Å². The summed E-state index contributed by atoms with van der Waals surface area (Å²) < 4.78 is 0. The third-order valence-electron chi connectivity index (χ3n) is 4.98. The van der Waals surface area contributed by atoms with Crippen LogP contribution in [-0.4, -0.2) is 54.5 Å². The molecule has 0 radical (unpaired) electrons. The molecule has 116 valence electrons. The van der Waals surface area contributed by atoms with Gasteiger partial charge in [-0.15, -0.1) is 0 Å². The zero-order chi connectivity index (χ0) is 14.5. The van der Waals surface area contributed by atoms with E-state index in [1.54, 1.807) is 0 Å². The molecular weight excluding hydrogens is 250 g/mol. The van der Waals surface area contributed by atoms with Crippen molar-refractivity contribution >= 4 is 5.91 Å². The van der Waals surface area contributed by atoms with Gasteiger partial charge in [0.15, 0.2) is 0 Å². The first-order valence-corrected chi connectivity index (χ1v) is 8.36. The zero-order valence-electron chi connectivity index (χ0n) is 13.2. The predicted molar refractivity (Wildman–Crippen MR) is 82.4 cm³/mol. The zero-order valence-corrected chi connectivity index (χ0v) is 13.2. The molecule has 2 aliphatic heterocycles. The Morgan fingerprint density at radius 1 is 1.25 bits per heavy atom. The standard InChI is InChI=1S/C16H31N3O/c1-3-15(17)16(20)19-8-4-5-14(12-19)11-18-9-6-13(2)7-10-18/h13-15H,3-12,17H2,1-2H3/t14?,15-/m0/s1. The Labute approximate surface area is 123 Å². The number of piperidine rings is 2. The fourth-order valence-electron chi connectivity index (χ4n) is 3.43. The number of nitrogens with zero attached hydrogens (tertiary/aromatic N) is 2. The predicted octanol–water partition coefficient (Wildman–Crippen LogP) is 1.69. The first kappa shape index (κ1) is 15.8. The van der Waals surface area contributed by atoms with Crippen molar-refractivity contribution in [3.63, 3.8) is 0 Å². The molecule has 0 bridgehead atoms. The molecule has 2 fully saturated rings. The van der Waals surface area contributed by atoms with E-state index in [-0.39, 0.29) is 11.9 Å². The molecule has 20 heavy (non-hydrogen) atoms. The van der Waals surface area contributed by atoms with E-state index >= 15 is 0 Å². The minimum atomic E-state index is -0.301. The van der Waals surface area contributed by atoms with E-state index in [0.29, 0.717) is 5.92 Å². The molecule has 2 saturated heterocycles. The van der Waals surface area contributed by atoms with Crippen molar-refractivity contribution in [1.82, 2.24) is 9.80 Å². The summed E-state index contributed by atoms with van der Waals surface area (Å²) in [5.41, 5.74) is 5.89. The lowest BCUT2D eigenvalue weighted by Gasteiger charge is -2.38. The highest BCUT2D eigenvalue weighted by atomic mass is 16.2. The summed E-state index contributed by atoms with van der Waals surface area (Å²) >= 11 is 0. The lowest BCUT2D eigenvalue weighted by Crippen LogP contribution is -2.50. The van der Waals surface area contributed by atoms with Crippen LogP contribution in [0.15, 0.2) is 0 Å². The van der Waals surface area contributed by atoms with E-state index in [1.165, 1.54) is 32.4 Å². The Bertz CT molecular complexity index is 313. The van der Waals surface area contributed by atoms with E-state index in [2.05, 4.69) is 11.8 Å². The van der Waals surface area contributed by atoms with Crippen LogP contribution in [-0.2, 0) is 4.79 Å². The van der Waals surface area contributed by atoms with Gasteiger partial charge in [0, 0.05) is 19.6 Å². The molecule has 0 aliphatic carbocycles. The first-order chi connectivity index (χ1) is 9.60. The average Bonchev–Trinajstić information content (AvgIpc) is 2.48. The molecule has 0 aromatic carbocycles. The van der Waals surface area contributed by atoms with Crippen molar-refractivity contribution in [2.45, 2.75) is 52.0 Å². The summed E-state index contributed by atoms with van der Waals surface area (Å²) in [7, 11) is 0. The van der Waals surface area contributed by atoms with Crippen molar-refractivity contribution in [2.75, 3.05) is 32.7 Å². The Kier molecular flexibility index (Phi) is 5.85. The lowest BCUT2D eigenvalue weighted by molar-refractivity contribution is -0.134. The Morgan fingerprint density at radius 3 is 2.60 bits per heavy atom. The van der Waals surface area contributed by atoms with Gasteiger partial charge in [0.25, 0.3) is 0 Å². The third-order valence-corrected chi connectivity index (χ3v) is 4.98. The highest BCUT2D eigenvalue weighted by molar-refractivity contribution is 5.81. The summed E-state index contributed by atoms with van der Waals surface area (Å²) in [6, 6.07) is -0.301. The second-order valence-corrected chi connectivity index (χ2v) is 6.79. The quantitative estimate of drug-likeness (QED) is 0.853. The van der Waals surface area contributed by atoms with E-state index < -0.39 is 0 Å². The maximum Gasteiger partial charge on any atom is 0.239 e. The smallest absolute Gasteiger partial charge is 0.239 e.